The van der Waals surface area contributed by atoms with Crippen molar-refractivity contribution < 1.29 is 44.7 Å². The van der Waals surface area contributed by atoms with Crippen LogP contribution in [0.1, 0.15) is 116 Å². The standard InChI is InChI=1S/C22H40O6.C3H8O3/c1-2-3-4-5-6-7-8-9-10-11-12-13-14-15-16-17-21(26)28-22(27)19(23)18-20(24)25;4-1-3(6)2-5/h19,23H,2-18H2,1H3,(H,24,25);3-6H,1-2H2. The highest BCUT2D eigenvalue weighted by Gasteiger charge is 2.22. The molecule has 202 valence electrons. The maximum absolute atomic E-state index is 11.5. The van der Waals surface area contributed by atoms with E-state index in [0.29, 0.717) is 6.42 Å². The summed E-state index contributed by atoms with van der Waals surface area (Å²) in [6, 6.07) is 0. The number of aliphatic hydroxyl groups excluding tert-OH is 4. The van der Waals surface area contributed by atoms with Gasteiger partial charge in [-0.05, 0) is 6.42 Å². The Bertz CT molecular complexity index is 493. The molecule has 0 aliphatic heterocycles. The first kappa shape index (κ1) is 34.6. The summed E-state index contributed by atoms with van der Waals surface area (Å²) in [6.45, 7) is 1.52. The van der Waals surface area contributed by atoms with Crippen LogP contribution in [-0.2, 0) is 19.1 Å². The predicted molar refractivity (Wildman–Crippen MR) is 129 cm³/mol. The first-order valence-corrected chi connectivity index (χ1v) is 12.8. The van der Waals surface area contributed by atoms with E-state index in [2.05, 4.69) is 11.7 Å². The fourth-order valence-electron chi connectivity index (χ4n) is 3.18. The van der Waals surface area contributed by atoms with Crippen LogP contribution >= 0.6 is 0 Å². The lowest BCUT2D eigenvalue weighted by molar-refractivity contribution is -0.168. The zero-order valence-electron chi connectivity index (χ0n) is 21.0. The zero-order valence-corrected chi connectivity index (χ0v) is 21.0. The van der Waals surface area contributed by atoms with Gasteiger partial charge < -0.3 is 30.3 Å². The summed E-state index contributed by atoms with van der Waals surface area (Å²) >= 11 is 0. The first-order valence-electron chi connectivity index (χ1n) is 12.8. The number of unbranched alkanes of at least 4 members (excludes halogenated alkanes) is 14. The van der Waals surface area contributed by atoms with Gasteiger partial charge in [-0.1, -0.05) is 96.8 Å². The fourth-order valence-corrected chi connectivity index (χ4v) is 3.18. The van der Waals surface area contributed by atoms with Crippen molar-refractivity contribution in [3.63, 3.8) is 0 Å². The number of hydrogen-bond donors (Lipinski definition) is 5. The van der Waals surface area contributed by atoms with Crippen molar-refractivity contribution in [2.24, 2.45) is 0 Å². The maximum atomic E-state index is 11.5. The van der Waals surface area contributed by atoms with E-state index in [4.69, 9.17) is 20.4 Å². The largest absolute Gasteiger partial charge is 0.481 e. The highest BCUT2D eigenvalue weighted by molar-refractivity contribution is 5.89. The molecule has 0 aromatic carbocycles. The molecule has 0 heterocycles. The van der Waals surface area contributed by atoms with Gasteiger partial charge in [0.05, 0.1) is 19.6 Å². The van der Waals surface area contributed by atoms with Gasteiger partial charge in [0.2, 0.25) is 0 Å². The molecule has 9 nitrogen and oxygen atoms in total. The second kappa shape index (κ2) is 26.1. The van der Waals surface area contributed by atoms with Gasteiger partial charge >= 0.3 is 17.9 Å². The lowest BCUT2D eigenvalue weighted by Crippen LogP contribution is -2.28. The molecule has 1 unspecified atom stereocenters. The van der Waals surface area contributed by atoms with Crippen LogP contribution in [0.3, 0.4) is 0 Å². The highest BCUT2D eigenvalue weighted by atomic mass is 16.6. The SMILES string of the molecule is CCCCCCCCCCCCCCCCCC(=O)OC(=O)C(O)CC(=O)O.OCC(O)CO. The Balaban J connectivity index is 0. The third-order valence-corrected chi connectivity index (χ3v) is 5.26. The number of aliphatic carboxylic acids is 1. The topological polar surface area (TPSA) is 162 Å². The van der Waals surface area contributed by atoms with Gasteiger partial charge in [-0.3, -0.25) is 9.59 Å². The predicted octanol–water partition coefficient (Wildman–Crippen LogP) is 3.49. The summed E-state index contributed by atoms with van der Waals surface area (Å²) in [7, 11) is 0. The summed E-state index contributed by atoms with van der Waals surface area (Å²) in [5.41, 5.74) is 0. The molecule has 0 radical (unpaired) electrons. The average molecular weight is 493 g/mol. The van der Waals surface area contributed by atoms with Crippen LogP contribution in [0.25, 0.3) is 0 Å². The van der Waals surface area contributed by atoms with Crippen LogP contribution < -0.4 is 0 Å². The van der Waals surface area contributed by atoms with Gasteiger partial charge in [0.25, 0.3) is 0 Å². The van der Waals surface area contributed by atoms with E-state index in [1.165, 1.54) is 70.6 Å². The molecule has 5 N–H and O–H groups in total. The van der Waals surface area contributed by atoms with Crippen molar-refractivity contribution in [2.75, 3.05) is 13.2 Å². The second-order valence-corrected chi connectivity index (χ2v) is 8.63. The van der Waals surface area contributed by atoms with Gasteiger partial charge in [-0.2, -0.15) is 0 Å². The van der Waals surface area contributed by atoms with Crippen LogP contribution in [0.15, 0.2) is 0 Å². The lowest BCUT2D eigenvalue weighted by atomic mass is 10.0. The van der Waals surface area contributed by atoms with Crippen molar-refractivity contribution >= 4 is 17.9 Å². The minimum atomic E-state index is -1.79. The minimum absolute atomic E-state index is 0.115. The number of rotatable bonds is 21. The Morgan fingerprint density at radius 3 is 1.38 bits per heavy atom. The maximum Gasteiger partial charge on any atom is 0.343 e. The number of hydrogen-bond acceptors (Lipinski definition) is 8. The minimum Gasteiger partial charge on any atom is -0.481 e. The van der Waals surface area contributed by atoms with E-state index in [0.717, 1.165) is 19.3 Å². The Labute approximate surface area is 204 Å². The van der Waals surface area contributed by atoms with E-state index in [1.54, 1.807) is 0 Å². The molecule has 0 aromatic heterocycles. The Morgan fingerprint density at radius 1 is 0.676 bits per heavy atom. The molecular formula is C25H48O9. The molecule has 9 heteroatoms. The number of carbonyl (C=O) groups is 3. The van der Waals surface area contributed by atoms with Gasteiger partial charge in [0, 0.05) is 6.42 Å². The molecule has 34 heavy (non-hydrogen) atoms. The van der Waals surface area contributed by atoms with Gasteiger partial charge in [0.1, 0.15) is 6.10 Å². The summed E-state index contributed by atoms with van der Waals surface area (Å²) in [5.74, 6) is -3.21. The average Bonchev–Trinajstić information content (AvgIpc) is 2.80. The first-order chi connectivity index (χ1) is 16.3. The van der Waals surface area contributed by atoms with E-state index in [1.807, 2.05) is 0 Å². The molecule has 0 amide bonds. The lowest BCUT2D eigenvalue weighted by Gasteiger charge is -2.07. The molecule has 0 saturated carbocycles. The number of carboxylic acid groups (broad SMARTS) is 1. The van der Waals surface area contributed by atoms with Gasteiger partial charge in [-0.15, -0.1) is 0 Å². The summed E-state index contributed by atoms with van der Waals surface area (Å²) in [5, 5.41) is 41.7. The van der Waals surface area contributed by atoms with Crippen LogP contribution in [-0.4, -0.2) is 68.9 Å². The quantitative estimate of drug-likeness (QED) is 0.0917. The Kier molecular flexibility index (Phi) is 26.5. The van der Waals surface area contributed by atoms with Crippen molar-refractivity contribution in [1.29, 1.82) is 0 Å². The van der Waals surface area contributed by atoms with Crippen molar-refractivity contribution in [3.8, 4) is 0 Å². The van der Waals surface area contributed by atoms with Gasteiger partial charge in [-0.25, -0.2) is 4.79 Å². The molecule has 0 saturated heterocycles. The van der Waals surface area contributed by atoms with E-state index < -0.39 is 36.5 Å². The monoisotopic (exact) mass is 492 g/mol. The smallest absolute Gasteiger partial charge is 0.343 e. The molecule has 0 fully saturated rings. The van der Waals surface area contributed by atoms with Crippen molar-refractivity contribution in [2.45, 2.75) is 128 Å². The van der Waals surface area contributed by atoms with Crippen molar-refractivity contribution in [1.82, 2.24) is 0 Å². The Hall–Kier alpha value is -1.55. The van der Waals surface area contributed by atoms with E-state index >= 15 is 0 Å². The fraction of sp³-hybridized carbons (Fsp3) is 0.880. The number of ether oxygens (including phenoxy) is 1. The number of carbonyl (C=O) groups excluding carboxylic acids is 2. The highest BCUT2D eigenvalue weighted by Crippen LogP contribution is 2.14. The molecule has 0 bridgehead atoms. The molecule has 1 atom stereocenters. The van der Waals surface area contributed by atoms with Crippen LogP contribution in [0.5, 0.6) is 0 Å². The number of aliphatic hydroxyl groups is 4. The second-order valence-electron chi connectivity index (χ2n) is 8.63. The molecule has 0 aliphatic rings. The molecular weight excluding hydrogens is 444 g/mol. The third-order valence-electron chi connectivity index (χ3n) is 5.26. The van der Waals surface area contributed by atoms with Crippen LogP contribution in [0.2, 0.25) is 0 Å². The number of esters is 2. The van der Waals surface area contributed by atoms with E-state index in [9.17, 15) is 19.5 Å². The van der Waals surface area contributed by atoms with Crippen molar-refractivity contribution in [3.05, 3.63) is 0 Å². The number of carboxylic acids is 1. The molecule has 0 spiro atoms. The molecule has 0 rings (SSSR count). The van der Waals surface area contributed by atoms with E-state index in [-0.39, 0.29) is 19.6 Å². The normalized spacial score (nSPS) is 11.6. The molecule has 0 aliphatic carbocycles. The Morgan fingerprint density at radius 2 is 1.06 bits per heavy atom. The third kappa shape index (κ3) is 26.7. The van der Waals surface area contributed by atoms with Crippen LogP contribution in [0.4, 0.5) is 0 Å². The molecule has 0 aromatic rings. The zero-order chi connectivity index (χ0) is 26.0. The summed E-state index contributed by atoms with van der Waals surface area (Å²) in [6.07, 6.45) is 15.1. The summed E-state index contributed by atoms with van der Waals surface area (Å²) in [4.78, 5) is 33.1. The van der Waals surface area contributed by atoms with Crippen LogP contribution in [0, 0.1) is 0 Å². The summed E-state index contributed by atoms with van der Waals surface area (Å²) < 4.78 is 4.44. The van der Waals surface area contributed by atoms with Gasteiger partial charge in [0.15, 0.2) is 6.10 Å².